The summed E-state index contributed by atoms with van der Waals surface area (Å²) in [5, 5.41) is 19.2. The number of benzene rings is 1. The van der Waals surface area contributed by atoms with Gasteiger partial charge in [-0.1, -0.05) is 0 Å². The number of aromatic amines is 1. The van der Waals surface area contributed by atoms with Crippen LogP contribution in [0, 0.1) is 6.92 Å². The third-order valence-corrected chi connectivity index (χ3v) is 1.89. The largest absolute Gasteiger partial charge is 0.504 e. The van der Waals surface area contributed by atoms with E-state index in [2.05, 4.69) is 4.98 Å². The van der Waals surface area contributed by atoms with Gasteiger partial charge in [0.1, 0.15) is 0 Å². The highest BCUT2D eigenvalue weighted by molar-refractivity contribution is 5.88. The number of hydrogen-bond acceptors (Lipinski definition) is 2. The van der Waals surface area contributed by atoms with Gasteiger partial charge in [0.25, 0.3) is 0 Å². The monoisotopic (exact) mass is 163 g/mol. The quantitative estimate of drug-likeness (QED) is 0.519. The number of nitrogens with one attached hydrogen (secondary N) is 1. The lowest BCUT2D eigenvalue weighted by Gasteiger charge is -1.96. The lowest BCUT2D eigenvalue weighted by Crippen LogP contribution is -1.70. The first-order valence-electron chi connectivity index (χ1n) is 3.69. The van der Waals surface area contributed by atoms with Crippen molar-refractivity contribution in [2.45, 2.75) is 6.92 Å². The Labute approximate surface area is 69.3 Å². The Morgan fingerprint density at radius 1 is 1.25 bits per heavy atom. The molecular formula is C9H9NO2. The summed E-state index contributed by atoms with van der Waals surface area (Å²) in [5.41, 5.74) is 1.80. The highest BCUT2D eigenvalue weighted by Gasteiger charge is 2.06. The molecule has 3 heteroatoms. The summed E-state index contributed by atoms with van der Waals surface area (Å²) in [6.45, 7) is 1.90. The summed E-state index contributed by atoms with van der Waals surface area (Å²) in [4.78, 5) is 3.06. The van der Waals surface area contributed by atoms with E-state index in [1.807, 2.05) is 6.92 Å². The normalized spacial score (nSPS) is 10.8. The van der Waals surface area contributed by atoms with E-state index in [1.165, 1.54) is 6.07 Å². The molecule has 0 aliphatic carbocycles. The SMILES string of the molecule is Cc1cc2c(O)c(O)ccc2[nH]1. The number of aryl methyl sites for hydroxylation is 1. The van der Waals surface area contributed by atoms with Crippen LogP contribution in [0.2, 0.25) is 0 Å². The van der Waals surface area contributed by atoms with Crippen molar-refractivity contribution in [2.75, 3.05) is 0 Å². The van der Waals surface area contributed by atoms with Crippen LogP contribution < -0.4 is 0 Å². The Bertz CT molecular complexity index is 431. The minimum absolute atomic E-state index is 0.0585. The Hall–Kier alpha value is -1.64. The average Bonchev–Trinajstić information content (AvgIpc) is 2.39. The van der Waals surface area contributed by atoms with Gasteiger partial charge >= 0.3 is 0 Å². The van der Waals surface area contributed by atoms with Gasteiger partial charge in [0.15, 0.2) is 11.5 Å². The average molecular weight is 163 g/mol. The zero-order valence-electron chi connectivity index (χ0n) is 6.63. The maximum atomic E-state index is 9.40. The number of aromatic nitrogens is 1. The van der Waals surface area contributed by atoms with Crippen LogP contribution >= 0.6 is 0 Å². The molecule has 0 aliphatic rings. The molecule has 3 nitrogen and oxygen atoms in total. The smallest absolute Gasteiger partial charge is 0.166 e. The molecule has 2 aromatic rings. The number of H-pyrrole nitrogens is 1. The summed E-state index contributed by atoms with van der Waals surface area (Å²) in [7, 11) is 0. The highest BCUT2D eigenvalue weighted by atomic mass is 16.3. The molecule has 1 aromatic heterocycles. The van der Waals surface area contributed by atoms with Crippen molar-refractivity contribution in [3.8, 4) is 11.5 Å². The molecular weight excluding hydrogens is 154 g/mol. The minimum Gasteiger partial charge on any atom is -0.504 e. The second-order valence-corrected chi connectivity index (χ2v) is 2.85. The van der Waals surface area contributed by atoms with Crippen LogP contribution in [0.4, 0.5) is 0 Å². The van der Waals surface area contributed by atoms with Crippen LogP contribution in [-0.4, -0.2) is 15.2 Å². The Morgan fingerprint density at radius 2 is 2.00 bits per heavy atom. The van der Waals surface area contributed by atoms with Crippen LogP contribution in [0.15, 0.2) is 18.2 Å². The summed E-state index contributed by atoms with van der Waals surface area (Å²) >= 11 is 0. The molecule has 0 amide bonds. The van der Waals surface area contributed by atoms with Gasteiger partial charge in [0, 0.05) is 16.6 Å². The number of hydrogen-bond donors (Lipinski definition) is 3. The van der Waals surface area contributed by atoms with Crippen LogP contribution in [0.5, 0.6) is 11.5 Å². The van der Waals surface area contributed by atoms with Crippen molar-refractivity contribution in [3.63, 3.8) is 0 Å². The van der Waals surface area contributed by atoms with E-state index in [1.54, 1.807) is 12.1 Å². The van der Waals surface area contributed by atoms with E-state index >= 15 is 0 Å². The number of fused-ring (bicyclic) bond motifs is 1. The molecule has 0 spiro atoms. The molecule has 0 bridgehead atoms. The van der Waals surface area contributed by atoms with E-state index in [9.17, 15) is 5.11 Å². The molecule has 0 atom stereocenters. The summed E-state index contributed by atoms with van der Waals surface area (Å²) in [6, 6.07) is 5.00. The zero-order valence-corrected chi connectivity index (χ0v) is 6.63. The van der Waals surface area contributed by atoms with Crippen molar-refractivity contribution >= 4 is 10.9 Å². The summed E-state index contributed by atoms with van der Waals surface area (Å²) in [5.74, 6) is -0.140. The van der Waals surface area contributed by atoms with Crippen LogP contribution in [0.1, 0.15) is 5.69 Å². The van der Waals surface area contributed by atoms with E-state index in [4.69, 9.17) is 5.11 Å². The molecule has 0 unspecified atom stereocenters. The van der Waals surface area contributed by atoms with Crippen molar-refractivity contribution in [1.29, 1.82) is 0 Å². The topological polar surface area (TPSA) is 56.2 Å². The van der Waals surface area contributed by atoms with E-state index in [0.717, 1.165) is 11.2 Å². The molecule has 12 heavy (non-hydrogen) atoms. The first kappa shape index (κ1) is 7.03. The molecule has 1 aromatic carbocycles. The number of aromatic hydroxyl groups is 2. The van der Waals surface area contributed by atoms with Gasteiger partial charge in [-0.25, -0.2) is 0 Å². The summed E-state index contributed by atoms with van der Waals surface area (Å²) in [6.07, 6.45) is 0. The first-order chi connectivity index (χ1) is 5.68. The van der Waals surface area contributed by atoms with Crippen molar-refractivity contribution < 1.29 is 10.2 Å². The van der Waals surface area contributed by atoms with Gasteiger partial charge < -0.3 is 15.2 Å². The van der Waals surface area contributed by atoms with Gasteiger partial charge in [-0.3, -0.25) is 0 Å². The Balaban J connectivity index is 2.89. The van der Waals surface area contributed by atoms with Crippen LogP contribution in [0.25, 0.3) is 10.9 Å². The number of phenols is 2. The van der Waals surface area contributed by atoms with Crippen LogP contribution in [-0.2, 0) is 0 Å². The fraction of sp³-hybridized carbons (Fsp3) is 0.111. The van der Waals surface area contributed by atoms with Crippen LogP contribution in [0.3, 0.4) is 0 Å². The lowest BCUT2D eigenvalue weighted by molar-refractivity contribution is 0.408. The van der Waals surface area contributed by atoms with Gasteiger partial charge in [0.2, 0.25) is 0 Å². The molecule has 1 heterocycles. The molecule has 0 aliphatic heterocycles. The van der Waals surface area contributed by atoms with Gasteiger partial charge in [-0.15, -0.1) is 0 Å². The molecule has 3 N–H and O–H groups in total. The zero-order chi connectivity index (χ0) is 8.72. The number of phenolic OH excluding ortho intramolecular Hbond substituents is 2. The molecule has 0 saturated heterocycles. The molecule has 2 rings (SSSR count). The van der Waals surface area contributed by atoms with Gasteiger partial charge in [-0.2, -0.15) is 0 Å². The maximum Gasteiger partial charge on any atom is 0.166 e. The van der Waals surface area contributed by atoms with Crippen molar-refractivity contribution in [1.82, 2.24) is 4.98 Å². The first-order valence-corrected chi connectivity index (χ1v) is 3.69. The Kier molecular flexibility index (Phi) is 1.27. The van der Waals surface area contributed by atoms with Crippen molar-refractivity contribution in [3.05, 3.63) is 23.9 Å². The second kappa shape index (κ2) is 2.17. The highest BCUT2D eigenvalue weighted by Crippen LogP contribution is 2.33. The third kappa shape index (κ3) is 0.830. The maximum absolute atomic E-state index is 9.40. The lowest BCUT2D eigenvalue weighted by atomic mass is 10.2. The second-order valence-electron chi connectivity index (χ2n) is 2.85. The molecule has 0 fully saturated rings. The predicted molar refractivity (Wildman–Crippen MR) is 46.4 cm³/mol. The third-order valence-electron chi connectivity index (χ3n) is 1.89. The molecule has 0 saturated carbocycles. The fourth-order valence-corrected chi connectivity index (χ4v) is 1.32. The molecule has 62 valence electrons. The number of rotatable bonds is 0. The fourth-order valence-electron chi connectivity index (χ4n) is 1.32. The minimum atomic E-state index is -0.0819. The summed E-state index contributed by atoms with van der Waals surface area (Å²) < 4.78 is 0. The predicted octanol–water partition coefficient (Wildman–Crippen LogP) is 1.89. The van der Waals surface area contributed by atoms with E-state index in [-0.39, 0.29) is 11.5 Å². The van der Waals surface area contributed by atoms with Gasteiger partial charge in [-0.05, 0) is 25.1 Å². The van der Waals surface area contributed by atoms with Crippen molar-refractivity contribution in [2.24, 2.45) is 0 Å². The van der Waals surface area contributed by atoms with E-state index in [0.29, 0.717) is 5.39 Å². The molecule has 0 radical (unpaired) electrons. The van der Waals surface area contributed by atoms with E-state index < -0.39 is 0 Å². The Morgan fingerprint density at radius 3 is 2.75 bits per heavy atom. The van der Waals surface area contributed by atoms with Gasteiger partial charge in [0.05, 0.1) is 0 Å². The standard InChI is InChI=1S/C9H9NO2/c1-5-4-6-7(10-5)2-3-8(11)9(6)12/h2-4,10-12H,1H3.